The SMILES string of the molecule is C=C1COC(C2=CN(c3ccncn3)CC2)C(=O)N1. The van der Waals surface area contributed by atoms with Gasteiger partial charge in [0.2, 0.25) is 0 Å². The van der Waals surface area contributed by atoms with Crippen molar-refractivity contribution in [3.8, 4) is 0 Å². The molecule has 1 aromatic rings. The minimum absolute atomic E-state index is 0.146. The van der Waals surface area contributed by atoms with Gasteiger partial charge in [-0.05, 0) is 18.1 Å². The lowest BCUT2D eigenvalue weighted by Gasteiger charge is -2.24. The Morgan fingerprint density at radius 3 is 3.16 bits per heavy atom. The fourth-order valence-corrected chi connectivity index (χ4v) is 2.22. The lowest BCUT2D eigenvalue weighted by atomic mass is 10.1. The molecule has 1 unspecified atom stereocenters. The number of carbonyl (C=O) groups excluding carboxylic acids is 1. The zero-order valence-corrected chi connectivity index (χ0v) is 10.4. The molecule has 3 rings (SSSR count). The van der Waals surface area contributed by atoms with Gasteiger partial charge in [0.25, 0.3) is 5.91 Å². The summed E-state index contributed by atoms with van der Waals surface area (Å²) in [5.41, 5.74) is 1.57. The van der Waals surface area contributed by atoms with Gasteiger partial charge in [0.15, 0.2) is 6.10 Å². The third-order valence-corrected chi connectivity index (χ3v) is 3.12. The van der Waals surface area contributed by atoms with Crippen LogP contribution in [0.4, 0.5) is 5.82 Å². The summed E-state index contributed by atoms with van der Waals surface area (Å²) in [4.78, 5) is 21.9. The third kappa shape index (κ3) is 2.34. The third-order valence-electron chi connectivity index (χ3n) is 3.12. The maximum absolute atomic E-state index is 11.9. The molecule has 0 spiro atoms. The van der Waals surface area contributed by atoms with E-state index in [2.05, 4.69) is 21.9 Å². The van der Waals surface area contributed by atoms with Gasteiger partial charge in [0.1, 0.15) is 12.1 Å². The van der Waals surface area contributed by atoms with E-state index in [0.29, 0.717) is 12.3 Å². The number of nitrogens with zero attached hydrogens (tertiary/aromatic N) is 3. The first kappa shape index (κ1) is 11.9. The zero-order valence-electron chi connectivity index (χ0n) is 10.4. The highest BCUT2D eigenvalue weighted by atomic mass is 16.5. The van der Waals surface area contributed by atoms with E-state index >= 15 is 0 Å². The molecular formula is C13H14N4O2. The Morgan fingerprint density at radius 2 is 2.42 bits per heavy atom. The maximum atomic E-state index is 11.9. The van der Waals surface area contributed by atoms with E-state index in [4.69, 9.17) is 4.74 Å². The Hall–Kier alpha value is -2.21. The van der Waals surface area contributed by atoms with Crippen LogP contribution in [0, 0.1) is 0 Å². The minimum Gasteiger partial charge on any atom is -0.358 e. The Morgan fingerprint density at radius 1 is 1.53 bits per heavy atom. The molecule has 1 N–H and O–H groups in total. The summed E-state index contributed by atoms with van der Waals surface area (Å²) in [5, 5.41) is 2.72. The summed E-state index contributed by atoms with van der Waals surface area (Å²) < 4.78 is 5.53. The molecule has 6 heteroatoms. The second-order valence-corrected chi connectivity index (χ2v) is 4.50. The van der Waals surface area contributed by atoms with E-state index < -0.39 is 6.10 Å². The summed E-state index contributed by atoms with van der Waals surface area (Å²) in [7, 11) is 0. The summed E-state index contributed by atoms with van der Waals surface area (Å²) in [6.07, 6.45) is 5.41. The average Bonchev–Trinajstić information content (AvgIpc) is 2.89. The van der Waals surface area contributed by atoms with Crippen molar-refractivity contribution >= 4 is 11.7 Å². The molecule has 0 bridgehead atoms. The van der Waals surface area contributed by atoms with Crippen molar-refractivity contribution in [2.45, 2.75) is 12.5 Å². The number of nitrogens with one attached hydrogen (secondary N) is 1. The van der Waals surface area contributed by atoms with Gasteiger partial charge < -0.3 is 15.0 Å². The first-order chi connectivity index (χ1) is 9.24. The van der Waals surface area contributed by atoms with Crippen LogP contribution in [0.15, 0.2) is 42.6 Å². The number of hydrogen-bond acceptors (Lipinski definition) is 5. The van der Waals surface area contributed by atoms with E-state index in [1.807, 2.05) is 17.2 Å². The standard InChI is InChI=1S/C13H14N4O2/c1-9-7-19-12(13(18)16-9)10-3-5-17(6-10)11-2-4-14-8-15-11/h2,4,6,8,12H,1,3,5,7H2,(H,16,18). The van der Waals surface area contributed by atoms with E-state index in [0.717, 1.165) is 24.4 Å². The number of anilines is 1. The van der Waals surface area contributed by atoms with Gasteiger partial charge in [0.05, 0.1) is 6.61 Å². The van der Waals surface area contributed by atoms with Crippen LogP contribution in [0.3, 0.4) is 0 Å². The van der Waals surface area contributed by atoms with Crippen LogP contribution in [-0.4, -0.2) is 35.1 Å². The van der Waals surface area contributed by atoms with Crippen LogP contribution in [0.1, 0.15) is 6.42 Å². The molecule has 0 saturated carbocycles. The van der Waals surface area contributed by atoms with E-state index in [-0.39, 0.29) is 5.91 Å². The van der Waals surface area contributed by atoms with Crippen molar-refractivity contribution < 1.29 is 9.53 Å². The van der Waals surface area contributed by atoms with Crippen LogP contribution in [-0.2, 0) is 9.53 Å². The predicted octanol–water partition coefficient (Wildman–Crippen LogP) is 0.599. The Kier molecular flexibility index (Phi) is 3.00. The first-order valence-corrected chi connectivity index (χ1v) is 6.07. The molecule has 1 aromatic heterocycles. The second kappa shape index (κ2) is 4.81. The van der Waals surface area contributed by atoms with Gasteiger partial charge in [-0.15, -0.1) is 0 Å². The molecule has 6 nitrogen and oxygen atoms in total. The van der Waals surface area contributed by atoms with Crippen molar-refractivity contribution in [1.29, 1.82) is 0 Å². The normalized spacial score (nSPS) is 23.3. The molecule has 1 fully saturated rings. The summed E-state index contributed by atoms with van der Waals surface area (Å²) in [5.74, 6) is 0.678. The van der Waals surface area contributed by atoms with E-state index in [9.17, 15) is 4.79 Å². The first-order valence-electron chi connectivity index (χ1n) is 6.07. The van der Waals surface area contributed by atoms with Gasteiger partial charge in [-0.25, -0.2) is 9.97 Å². The highest BCUT2D eigenvalue weighted by Gasteiger charge is 2.31. The number of rotatable bonds is 2. The number of amides is 1. The molecule has 0 aliphatic carbocycles. The van der Waals surface area contributed by atoms with Crippen molar-refractivity contribution in [2.75, 3.05) is 18.1 Å². The van der Waals surface area contributed by atoms with Crippen LogP contribution in [0.5, 0.6) is 0 Å². The predicted molar refractivity (Wildman–Crippen MR) is 69.1 cm³/mol. The van der Waals surface area contributed by atoms with Gasteiger partial charge >= 0.3 is 0 Å². The maximum Gasteiger partial charge on any atom is 0.257 e. The Labute approximate surface area is 110 Å². The number of carbonyl (C=O) groups is 1. The zero-order chi connectivity index (χ0) is 13.2. The number of hydrogen-bond donors (Lipinski definition) is 1. The Balaban J connectivity index is 1.76. The molecule has 1 atom stereocenters. The molecule has 2 aliphatic rings. The lowest BCUT2D eigenvalue weighted by molar-refractivity contribution is -0.132. The number of ether oxygens (including phenoxy) is 1. The molecular weight excluding hydrogens is 244 g/mol. The highest BCUT2D eigenvalue weighted by Crippen LogP contribution is 2.25. The number of aromatic nitrogens is 2. The molecule has 1 saturated heterocycles. The van der Waals surface area contributed by atoms with Gasteiger partial charge in [0, 0.05) is 24.6 Å². The fraction of sp³-hybridized carbons (Fsp3) is 0.308. The summed E-state index contributed by atoms with van der Waals surface area (Å²) in [6, 6.07) is 1.84. The molecule has 0 aromatic carbocycles. The van der Waals surface area contributed by atoms with Crippen LogP contribution < -0.4 is 10.2 Å². The topological polar surface area (TPSA) is 67.3 Å². The van der Waals surface area contributed by atoms with Crippen molar-refractivity contribution in [3.63, 3.8) is 0 Å². The molecule has 3 heterocycles. The molecule has 1 amide bonds. The smallest absolute Gasteiger partial charge is 0.257 e. The monoisotopic (exact) mass is 258 g/mol. The minimum atomic E-state index is -0.516. The van der Waals surface area contributed by atoms with Crippen molar-refractivity contribution in [1.82, 2.24) is 15.3 Å². The fourth-order valence-electron chi connectivity index (χ4n) is 2.22. The molecule has 2 aliphatic heterocycles. The van der Waals surface area contributed by atoms with Crippen LogP contribution in [0.25, 0.3) is 0 Å². The molecule has 0 radical (unpaired) electrons. The van der Waals surface area contributed by atoms with Gasteiger partial charge in [-0.1, -0.05) is 6.58 Å². The van der Waals surface area contributed by atoms with E-state index in [1.54, 1.807) is 6.20 Å². The molecule has 98 valence electrons. The van der Waals surface area contributed by atoms with E-state index in [1.165, 1.54) is 6.33 Å². The lowest BCUT2D eigenvalue weighted by Crippen LogP contribution is -2.43. The number of morpholine rings is 1. The highest BCUT2D eigenvalue weighted by molar-refractivity contribution is 5.86. The van der Waals surface area contributed by atoms with Crippen molar-refractivity contribution in [3.05, 3.63) is 42.6 Å². The van der Waals surface area contributed by atoms with Crippen LogP contribution in [0.2, 0.25) is 0 Å². The summed E-state index contributed by atoms with van der Waals surface area (Å²) >= 11 is 0. The van der Waals surface area contributed by atoms with Crippen LogP contribution >= 0.6 is 0 Å². The van der Waals surface area contributed by atoms with Gasteiger partial charge in [-0.2, -0.15) is 0 Å². The molecule has 19 heavy (non-hydrogen) atoms. The Bertz CT molecular complexity index is 541. The quantitative estimate of drug-likeness (QED) is 0.841. The largest absolute Gasteiger partial charge is 0.358 e. The summed E-state index contributed by atoms with van der Waals surface area (Å²) in [6.45, 7) is 4.84. The van der Waals surface area contributed by atoms with Crippen molar-refractivity contribution in [2.24, 2.45) is 0 Å². The second-order valence-electron chi connectivity index (χ2n) is 4.50. The van der Waals surface area contributed by atoms with Gasteiger partial charge in [-0.3, -0.25) is 4.79 Å². The average molecular weight is 258 g/mol.